The summed E-state index contributed by atoms with van der Waals surface area (Å²) in [5.41, 5.74) is 6.63. The molecule has 0 aliphatic rings. The molecular formula is C13H16N2O2. The Labute approximate surface area is 99.7 Å². The molecule has 1 aromatic carbocycles. The molecule has 1 aromatic heterocycles. The summed E-state index contributed by atoms with van der Waals surface area (Å²) in [5.74, 6) is 0. The standard InChI is InChI=1S/C13H16N2O2/c14-8-7-12(16)13(17)11-6-5-9-3-1-2-4-10(9)15-11/h1-6,12-13,16-17H,7-8,14H2. The van der Waals surface area contributed by atoms with E-state index in [0.29, 0.717) is 18.7 Å². The molecule has 2 atom stereocenters. The lowest BCUT2D eigenvalue weighted by Gasteiger charge is -2.16. The summed E-state index contributed by atoms with van der Waals surface area (Å²) in [7, 11) is 0. The van der Waals surface area contributed by atoms with Crippen molar-refractivity contribution in [2.75, 3.05) is 6.54 Å². The topological polar surface area (TPSA) is 79.4 Å². The van der Waals surface area contributed by atoms with E-state index in [1.165, 1.54) is 0 Å². The Hall–Kier alpha value is -1.49. The first-order chi connectivity index (χ1) is 8.22. The molecular weight excluding hydrogens is 216 g/mol. The van der Waals surface area contributed by atoms with Gasteiger partial charge in [0.15, 0.2) is 0 Å². The van der Waals surface area contributed by atoms with Crippen LogP contribution in [0.1, 0.15) is 18.2 Å². The van der Waals surface area contributed by atoms with E-state index in [-0.39, 0.29) is 0 Å². The summed E-state index contributed by atoms with van der Waals surface area (Å²) in [6, 6.07) is 11.3. The maximum Gasteiger partial charge on any atom is 0.122 e. The zero-order chi connectivity index (χ0) is 12.3. The van der Waals surface area contributed by atoms with Crippen molar-refractivity contribution in [2.24, 2.45) is 5.73 Å². The molecule has 2 rings (SSSR count). The Kier molecular flexibility index (Phi) is 3.68. The van der Waals surface area contributed by atoms with E-state index in [0.717, 1.165) is 10.9 Å². The number of aromatic nitrogens is 1. The molecule has 0 aliphatic heterocycles. The molecule has 0 radical (unpaired) electrons. The minimum absolute atomic E-state index is 0.339. The highest BCUT2D eigenvalue weighted by Gasteiger charge is 2.18. The second-order valence-corrected chi connectivity index (χ2v) is 4.02. The van der Waals surface area contributed by atoms with Crippen molar-refractivity contribution in [1.29, 1.82) is 0 Å². The van der Waals surface area contributed by atoms with Gasteiger partial charge in [0.25, 0.3) is 0 Å². The fourth-order valence-corrected chi connectivity index (χ4v) is 1.77. The maximum absolute atomic E-state index is 9.91. The Morgan fingerprint density at radius 3 is 2.65 bits per heavy atom. The molecule has 0 saturated heterocycles. The summed E-state index contributed by atoms with van der Waals surface area (Å²) in [4.78, 5) is 4.33. The highest BCUT2D eigenvalue weighted by atomic mass is 16.3. The average molecular weight is 232 g/mol. The fourth-order valence-electron chi connectivity index (χ4n) is 1.77. The molecule has 2 aromatic rings. The third-order valence-corrected chi connectivity index (χ3v) is 2.75. The van der Waals surface area contributed by atoms with Crippen LogP contribution in [0.25, 0.3) is 10.9 Å². The van der Waals surface area contributed by atoms with E-state index in [1.807, 2.05) is 30.3 Å². The predicted molar refractivity (Wildman–Crippen MR) is 66.4 cm³/mol. The summed E-state index contributed by atoms with van der Waals surface area (Å²) in [6.07, 6.45) is -1.49. The largest absolute Gasteiger partial charge is 0.390 e. The Bertz CT molecular complexity index is 501. The molecule has 0 spiro atoms. The van der Waals surface area contributed by atoms with Crippen molar-refractivity contribution < 1.29 is 10.2 Å². The summed E-state index contributed by atoms with van der Waals surface area (Å²) < 4.78 is 0. The summed E-state index contributed by atoms with van der Waals surface area (Å²) in [5, 5.41) is 20.6. The molecule has 4 N–H and O–H groups in total. The van der Waals surface area contributed by atoms with Crippen LogP contribution in [0.15, 0.2) is 36.4 Å². The fraction of sp³-hybridized carbons (Fsp3) is 0.308. The van der Waals surface area contributed by atoms with Gasteiger partial charge < -0.3 is 15.9 Å². The number of nitrogens with zero attached hydrogens (tertiary/aromatic N) is 1. The van der Waals surface area contributed by atoms with Gasteiger partial charge in [-0.2, -0.15) is 0 Å². The number of nitrogens with two attached hydrogens (primary N) is 1. The lowest BCUT2D eigenvalue weighted by Crippen LogP contribution is -2.22. The number of rotatable bonds is 4. The Morgan fingerprint density at radius 2 is 1.88 bits per heavy atom. The van der Waals surface area contributed by atoms with Gasteiger partial charge in [-0.1, -0.05) is 24.3 Å². The van der Waals surface area contributed by atoms with Gasteiger partial charge in [0.1, 0.15) is 6.10 Å². The minimum atomic E-state index is -0.983. The second-order valence-electron chi connectivity index (χ2n) is 4.02. The van der Waals surface area contributed by atoms with Crippen LogP contribution in [0.4, 0.5) is 0 Å². The van der Waals surface area contributed by atoms with Gasteiger partial charge in [-0.05, 0) is 25.1 Å². The molecule has 0 bridgehead atoms. The number of benzene rings is 1. The number of pyridine rings is 1. The lowest BCUT2D eigenvalue weighted by molar-refractivity contribution is 0.0127. The van der Waals surface area contributed by atoms with Crippen LogP contribution >= 0.6 is 0 Å². The van der Waals surface area contributed by atoms with Crippen LogP contribution < -0.4 is 5.73 Å². The molecule has 4 heteroatoms. The quantitative estimate of drug-likeness (QED) is 0.734. The van der Waals surface area contributed by atoms with Crippen molar-refractivity contribution in [3.8, 4) is 0 Å². The maximum atomic E-state index is 9.91. The van der Waals surface area contributed by atoms with Gasteiger partial charge >= 0.3 is 0 Å². The zero-order valence-electron chi connectivity index (χ0n) is 9.45. The van der Waals surface area contributed by atoms with Gasteiger partial charge in [-0.15, -0.1) is 0 Å². The van der Waals surface area contributed by atoms with Gasteiger partial charge in [0.2, 0.25) is 0 Å². The van der Waals surface area contributed by atoms with E-state index in [2.05, 4.69) is 4.98 Å². The molecule has 2 unspecified atom stereocenters. The van der Waals surface area contributed by atoms with Crippen molar-refractivity contribution in [1.82, 2.24) is 4.98 Å². The van der Waals surface area contributed by atoms with Crippen molar-refractivity contribution in [2.45, 2.75) is 18.6 Å². The minimum Gasteiger partial charge on any atom is -0.390 e. The lowest BCUT2D eigenvalue weighted by atomic mass is 10.1. The molecule has 0 saturated carbocycles. The Balaban J connectivity index is 2.29. The van der Waals surface area contributed by atoms with Crippen LogP contribution in [0, 0.1) is 0 Å². The first kappa shape index (κ1) is 12.0. The third-order valence-electron chi connectivity index (χ3n) is 2.75. The number of hydrogen-bond acceptors (Lipinski definition) is 4. The van der Waals surface area contributed by atoms with Crippen LogP contribution in [0.2, 0.25) is 0 Å². The van der Waals surface area contributed by atoms with Crippen LogP contribution in [0.5, 0.6) is 0 Å². The zero-order valence-corrected chi connectivity index (χ0v) is 9.45. The molecule has 0 amide bonds. The summed E-state index contributed by atoms with van der Waals surface area (Å²) in [6.45, 7) is 0.339. The van der Waals surface area contributed by atoms with E-state index >= 15 is 0 Å². The van der Waals surface area contributed by atoms with E-state index in [1.54, 1.807) is 6.07 Å². The molecule has 0 fully saturated rings. The molecule has 4 nitrogen and oxygen atoms in total. The number of aliphatic hydroxyl groups is 2. The second kappa shape index (κ2) is 5.23. The van der Waals surface area contributed by atoms with Crippen molar-refractivity contribution >= 4 is 10.9 Å². The smallest absolute Gasteiger partial charge is 0.122 e. The van der Waals surface area contributed by atoms with Crippen LogP contribution in [-0.4, -0.2) is 27.8 Å². The highest BCUT2D eigenvalue weighted by molar-refractivity contribution is 5.78. The monoisotopic (exact) mass is 232 g/mol. The van der Waals surface area contributed by atoms with Gasteiger partial charge in [0.05, 0.1) is 17.3 Å². The van der Waals surface area contributed by atoms with E-state index < -0.39 is 12.2 Å². The molecule has 1 heterocycles. The van der Waals surface area contributed by atoms with Crippen molar-refractivity contribution in [3.63, 3.8) is 0 Å². The van der Waals surface area contributed by atoms with Gasteiger partial charge in [-0.25, -0.2) is 4.98 Å². The molecule has 17 heavy (non-hydrogen) atoms. The number of para-hydroxylation sites is 1. The summed E-state index contributed by atoms with van der Waals surface area (Å²) >= 11 is 0. The highest BCUT2D eigenvalue weighted by Crippen LogP contribution is 2.20. The predicted octanol–water partition coefficient (Wildman–Crippen LogP) is 0.978. The molecule has 0 aliphatic carbocycles. The number of fused-ring (bicyclic) bond motifs is 1. The van der Waals surface area contributed by atoms with Crippen LogP contribution in [-0.2, 0) is 0 Å². The third kappa shape index (κ3) is 2.61. The van der Waals surface area contributed by atoms with Gasteiger partial charge in [0, 0.05) is 5.39 Å². The normalized spacial score (nSPS) is 14.8. The molecule has 90 valence electrons. The van der Waals surface area contributed by atoms with E-state index in [9.17, 15) is 10.2 Å². The van der Waals surface area contributed by atoms with Gasteiger partial charge in [-0.3, -0.25) is 0 Å². The average Bonchev–Trinajstić information content (AvgIpc) is 2.37. The van der Waals surface area contributed by atoms with Crippen molar-refractivity contribution in [3.05, 3.63) is 42.1 Å². The number of aliphatic hydroxyl groups excluding tert-OH is 2. The SMILES string of the molecule is NCCC(O)C(O)c1ccc2ccccc2n1. The number of hydrogen-bond donors (Lipinski definition) is 3. The first-order valence-corrected chi connectivity index (χ1v) is 5.64. The van der Waals surface area contributed by atoms with E-state index in [4.69, 9.17) is 5.73 Å². The first-order valence-electron chi connectivity index (χ1n) is 5.64. The van der Waals surface area contributed by atoms with Crippen LogP contribution in [0.3, 0.4) is 0 Å². The Morgan fingerprint density at radius 1 is 1.12 bits per heavy atom.